The molecule has 0 bridgehead atoms. The summed E-state index contributed by atoms with van der Waals surface area (Å²) in [5.41, 5.74) is 2.97. The zero-order valence-electron chi connectivity index (χ0n) is 23.0. The molecule has 0 radical (unpaired) electrons. The van der Waals surface area contributed by atoms with Gasteiger partial charge < -0.3 is 10.2 Å². The topological polar surface area (TPSA) is 86.8 Å². The molecule has 0 aromatic heterocycles. The van der Waals surface area contributed by atoms with Gasteiger partial charge in [0.25, 0.3) is 10.0 Å². The van der Waals surface area contributed by atoms with Crippen LogP contribution in [0.25, 0.3) is 0 Å². The lowest BCUT2D eigenvalue weighted by molar-refractivity contribution is -0.139. The third-order valence-electron chi connectivity index (χ3n) is 6.65. The summed E-state index contributed by atoms with van der Waals surface area (Å²) >= 11 is 6.44. The van der Waals surface area contributed by atoms with Gasteiger partial charge in [0.05, 0.1) is 15.6 Å². The van der Waals surface area contributed by atoms with Gasteiger partial charge in [0.2, 0.25) is 11.8 Å². The predicted octanol–water partition coefficient (Wildman–Crippen LogP) is 5.48. The molecule has 0 saturated heterocycles. The van der Waals surface area contributed by atoms with Gasteiger partial charge in [-0.05, 0) is 63.9 Å². The number of nitrogens with one attached hydrogen (secondary N) is 1. The highest BCUT2D eigenvalue weighted by Gasteiger charge is 2.33. The fourth-order valence-corrected chi connectivity index (χ4v) is 5.66. The smallest absolute Gasteiger partial charge is 0.264 e. The van der Waals surface area contributed by atoms with Gasteiger partial charge in [-0.15, -0.1) is 0 Å². The Morgan fingerprint density at radius 1 is 0.897 bits per heavy atom. The Labute approximate surface area is 236 Å². The Morgan fingerprint density at radius 2 is 1.46 bits per heavy atom. The van der Waals surface area contributed by atoms with Gasteiger partial charge >= 0.3 is 0 Å². The summed E-state index contributed by atoms with van der Waals surface area (Å²) in [4.78, 5) is 28.5. The number of para-hydroxylation sites is 1. The van der Waals surface area contributed by atoms with E-state index < -0.39 is 28.5 Å². The van der Waals surface area contributed by atoms with Crippen molar-refractivity contribution in [1.29, 1.82) is 0 Å². The van der Waals surface area contributed by atoms with Crippen molar-refractivity contribution >= 4 is 39.1 Å². The monoisotopic (exact) mass is 569 g/mol. The molecular formula is C30H36ClN3O4S. The first kappa shape index (κ1) is 30.2. The molecule has 0 saturated carbocycles. The number of carbonyl (C=O) groups excluding carboxylic acids is 2. The first-order valence-corrected chi connectivity index (χ1v) is 14.7. The minimum absolute atomic E-state index is 0.0356. The van der Waals surface area contributed by atoms with Crippen LogP contribution in [0, 0.1) is 13.8 Å². The SMILES string of the molecule is CC[C@@H](C)NC(=O)[C@@H](C)N(Cc1ccc(C)cc1)C(=O)CN(c1ccccc1Cl)S(=O)(=O)c1ccc(C)cc1. The van der Waals surface area contributed by atoms with E-state index in [1.807, 2.05) is 52.0 Å². The second-order valence-corrected chi connectivity index (χ2v) is 12.0. The summed E-state index contributed by atoms with van der Waals surface area (Å²) in [5, 5.41) is 3.12. The molecule has 0 unspecified atom stereocenters. The number of hydrogen-bond acceptors (Lipinski definition) is 4. The summed E-state index contributed by atoms with van der Waals surface area (Å²) in [6.45, 7) is 8.93. The quantitative estimate of drug-likeness (QED) is 0.331. The fraction of sp³-hybridized carbons (Fsp3) is 0.333. The highest BCUT2D eigenvalue weighted by Crippen LogP contribution is 2.31. The lowest BCUT2D eigenvalue weighted by Gasteiger charge is -2.32. The van der Waals surface area contributed by atoms with E-state index in [4.69, 9.17) is 11.6 Å². The summed E-state index contributed by atoms with van der Waals surface area (Å²) < 4.78 is 28.7. The number of sulfonamides is 1. The molecule has 3 aromatic carbocycles. The summed E-state index contributed by atoms with van der Waals surface area (Å²) in [7, 11) is -4.17. The number of hydrogen-bond donors (Lipinski definition) is 1. The molecule has 0 aliphatic rings. The average Bonchev–Trinajstić information content (AvgIpc) is 2.91. The van der Waals surface area contributed by atoms with E-state index >= 15 is 0 Å². The van der Waals surface area contributed by atoms with Gasteiger partial charge in [-0.1, -0.05) is 78.2 Å². The molecular weight excluding hydrogens is 534 g/mol. The fourth-order valence-electron chi connectivity index (χ4n) is 3.94. The number of aryl methyl sites for hydroxylation is 2. The molecule has 9 heteroatoms. The Balaban J connectivity index is 2.03. The van der Waals surface area contributed by atoms with Gasteiger partial charge in [0, 0.05) is 12.6 Å². The lowest BCUT2D eigenvalue weighted by atomic mass is 10.1. The van der Waals surface area contributed by atoms with Gasteiger partial charge in [0.15, 0.2) is 0 Å². The van der Waals surface area contributed by atoms with Crippen molar-refractivity contribution in [1.82, 2.24) is 10.2 Å². The number of nitrogens with zero attached hydrogens (tertiary/aromatic N) is 2. The molecule has 3 rings (SSSR count). The first-order valence-electron chi connectivity index (χ1n) is 12.9. The van der Waals surface area contributed by atoms with Crippen molar-refractivity contribution in [2.75, 3.05) is 10.8 Å². The standard InChI is InChI=1S/C30H36ClN3O4S/c1-6-23(4)32-30(36)24(5)33(19-25-15-11-21(2)12-16-25)29(35)20-34(28-10-8-7-9-27(28)31)39(37,38)26-17-13-22(3)14-18-26/h7-18,23-24H,6,19-20H2,1-5H3,(H,32,36)/t23-,24-/m1/s1. The van der Waals surface area contributed by atoms with E-state index in [2.05, 4.69) is 5.32 Å². The number of benzene rings is 3. The van der Waals surface area contributed by atoms with Crippen LogP contribution in [0.1, 0.15) is 43.9 Å². The lowest BCUT2D eigenvalue weighted by Crippen LogP contribution is -2.52. The maximum absolute atomic E-state index is 13.9. The highest BCUT2D eigenvalue weighted by atomic mass is 35.5. The van der Waals surface area contributed by atoms with Gasteiger partial charge in [-0.2, -0.15) is 0 Å². The minimum Gasteiger partial charge on any atom is -0.352 e. The van der Waals surface area contributed by atoms with Crippen molar-refractivity contribution < 1.29 is 18.0 Å². The Kier molecular flexibility index (Phi) is 10.2. The predicted molar refractivity (Wildman–Crippen MR) is 156 cm³/mol. The molecule has 0 fully saturated rings. The van der Waals surface area contributed by atoms with E-state index in [9.17, 15) is 18.0 Å². The summed E-state index contributed by atoms with van der Waals surface area (Å²) in [6, 6.07) is 19.6. The van der Waals surface area contributed by atoms with Crippen LogP contribution in [-0.2, 0) is 26.2 Å². The molecule has 208 valence electrons. The van der Waals surface area contributed by atoms with Crippen LogP contribution < -0.4 is 9.62 Å². The van der Waals surface area contributed by atoms with Gasteiger partial charge in [-0.25, -0.2) is 8.42 Å². The van der Waals surface area contributed by atoms with Crippen molar-refractivity contribution in [3.8, 4) is 0 Å². The number of anilines is 1. The zero-order chi connectivity index (χ0) is 28.7. The highest BCUT2D eigenvalue weighted by molar-refractivity contribution is 7.92. The van der Waals surface area contributed by atoms with Crippen LogP contribution in [-0.4, -0.2) is 43.8 Å². The Hall–Kier alpha value is -3.36. The maximum Gasteiger partial charge on any atom is 0.264 e. The van der Waals surface area contributed by atoms with Crippen molar-refractivity contribution in [3.05, 3.63) is 94.5 Å². The number of amides is 2. The minimum atomic E-state index is -4.17. The second kappa shape index (κ2) is 13.1. The van der Waals surface area contributed by atoms with E-state index in [0.29, 0.717) is 0 Å². The Bertz CT molecular complexity index is 1390. The van der Waals surface area contributed by atoms with Crippen LogP contribution in [0.4, 0.5) is 5.69 Å². The molecule has 7 nitrogen and oxygen atoms in total. The Morgan fingerprint density at radius 3 is 2.03 bits per heavy atom. The molecule has 2 amide bonds. The zero-order valence-corrected chi connectivity index (χ0v) is 24.6. The molecule has 0 heterocycles. The van der Waals surface area contributed by atoms with Crippen molar-refractivity contribution in [2.24, 2.45) is 0 Å². The van der Waals surface area contributed by atoms with E-state index in [1.54, 1.807) is 43.3 Å². The van der Waals surface area contributed by atoms with Gasteiger partial charge in [-0.3, -0.25) is 13.9 Å². The largest absolute Gasteiger partial charge is 0.352 e. The molecule has 2 atom stereocenters. The third kappa shape index (κ3) is 7.61. The molecule has 1 N–H and O–H groups in total. The summed E-state index contributed by atoms with van der Waals surface area (Å²) in [5.74, 6) is -0.839. The van der Waals surface area contributed by atoms with Crippen molar-refractivity contribution in [2.45, 2.75) is 64.6 Å². The number of halogens is 1. The normalized spacial score (nSPS) is 12.9. The molecule has 39 heavy (non-hydrogen) atoms. The van der Waals surface area contributed by atoms with Crippen molar-refractivity contribution in [3.63, 3.8) is 0 Å². The molecule has 3 aromatic rings. The van der Waals surface area contributed by atoms with E-state index in [0.717, 1.165) is 27.4 Å². The molecule has 0 aliphatic heterocycles. The van der Waals surface area contributed by atoms with Crippen LogP contribution in [0.15, 0.2) is 77.7 Å². The maximum atomic E-state index is 13.9. The third-order valence-corrected chi connectivity index (χ3v) is 8.74. The second-order valence-electron chi connectivity index (χ2n) is 9.78. The summed E-state index contributed by atoms with van der Waals surface area (Å²) in [6.07, 6.45) is 0.736. The number of carbonyl (C=O) groups is 2. The van der Waals surface area contributed by atoms with Crippen LogP contribution in [0.3, 0.4) is 0 Å². The molecule has 0 aliphatic carbocycles. The molecule has 0 spiro atoms. The van der Waals surface area contributed by atoms with Crippen LogP contribution in [0.5, 0.6) is 0 Å². The van der Waals surface area contributed by atoms with Crippen LogP contribution in [0.2, 0.25) is 5.02 Å². The average molecular weight is 570 g/mol. The van der Waals surface area contributed by atoms with Gasteiger partial charge in [0.1, 0.15) is 12.6 Å². The van der Waals surface area contributed by atoms with E-state index in [1.165, 1.54) is 17.0 Å². The van der Waals surface area contributed by atoms with E-state index in [-0.39, 0.29) is 34.1 Å². The first-order chi connectivity index (χ1) is 18.4. The number of rotatable bonds is 11. The van der Waals surface area contributed by atoms with Crippen LogP contribution >= 0.6 is 11.6 Å².